The molecule has 2 amide bonds. The second kappa shape index (κ2) is 12.8. The number of alkyl halides is 1. The maximum absolute atomic E-state index is 12.5. The molecule has 1 fully saturated rings. The summed E-state index contributed by atoms with van der Waals surface area (Å²) >= 11 is 5.53. The monoisotopic (exact) mass is 481 g/mol. The van der Waals surface area contributed by atoms with E-state index in [1.807, 2.05) is 0 Å². The fourth-order valence-corrected chi connectivity index (χ4v) is 2.96. The lowest BCUT2D eigenvalue weighted by Gasteiger charge is -2.44. The van der Waals surface area contributed by atoms with E-state index < -0.39 is 67.2 Å². The molecule has 0 bridgehead atoms. The summed E-state index contributed by atoms with van der Waals surface area (Å²) in [4.78, 5) is 69.7. The summed E-state index contributed by atoms with van der Waals surface area (Å²) in [6.07, 6.45) is -5.69. The molecule has 1 heterocycles. The van der Waals surface area contributed by atoms with Crippen LogP contribution in [-0.4, -0.2) is 84.6 Å². The highest BCUT2D eigenvalue weighted by Crippen LogP contribution is 2.28. The van der Waals surface area contributed by atoms with Crippen molar-refractivity contribution in [1.82, 2.24) is 10.3 Å². The molecule has 1 rings (SSSR count). The molecule has 15 heteroatoms. The van der Waals surface area contributed by atoms with Gasteiger partial charge in [0.25, 0.3) is 0 Å². The number of carbonyl (C=O) groups excluding carboxylic acids is 5. The number of halogens is 1. The largest absolute Gasteiger partial charge is 0.463 e. The molecule has 1 aliphatic rings. The maximum Gasteiger partial charge on any atom is 0.341 e. The number of rotatable bonds is 9. The minimum atomic E-state index is -1.59. The van der Waals surface area contributed by atoms with Gasteiger partial charge in [0.2, 0.25) is 6.29 Å². The van der Waals surface area contributed by atoms with E-state index >= 15 is 0 Å². The molecule has 1 saturated heterocycles. The third-order valence-electron chi connectivity index (χ3n) is 3.90. The van der Waals surface area contributed by atoms with Crippen LogP contribution in [0.25, 0.3) is 0 Å². The van der Waals surface area contributed by atoms with Crippen molar-refractivity contribution in [2.45, 2.75) is 58.3 Å². The summed E-state index contributed by atoms with van der Waals surface area (Å²) < 4.78 is 26.0. The molecule has 1 N–H and O–H groups in total. The van der Waals surface area contributed by atoms with Gasteiger partial charge in [0, 0.05) is 33.6 Å². The van der Waals surface area contributed by atoms with Crippen LogP contribution < -0.4 is 5.32 Å². The number of hydrogen-bond donors (Lipinski definition) is 1. The lowest BCUT2D eigenvalue weighted by molar-refractivity contribution is -0.270. The van der Waals surface area contributed by atoms with E-state index in [9.17, 15) is 28.9 Å². The number of nitrogens with zero attached hydrogens (tertiary/aromatic N) is 2. The average Bonchev–Trinajstić information content (AvgIpc) is 2.67. The van der Waals surface area contributed by atoms with Crippen LogP contribution >= 0.6 is 11.6 Å². The Morgan fingerprint density at radius 1 is 0.938 bits per heavy atom. The normalized spacial score (nSPS) is 24.5. The Bertz CT molecular complexity index is 735. The Labute approximate surface area is 187 Å². The highest BCUT2D eigenvalue weighted by atomic mass is 35.5. The van der Waals surface area contributed by atoms with Gasteiger partial charge in [0.05, 0.1) is 11.8 Å². The molecule has 32 heavy (non-hydrogen) atoms. The fourth-order valence-electron chi connectivity index (χ4n) is 2.80. The number of urea groups is 1. The molecule has 0 saturated carbocycles. The maximum atomic E-state index is 12.5. The molecule has 0 aromatic heterocycles. The quantitative estimate of drug-likeness (QED) is 0.154. The molecule has 0 aromatic rings. The van der Waals surface area contributed by atoms with Crippen LogP contribution in [0.5, 0.6) is 0 Å². The van der Waals surface area contributed by atoms with E-state index in [2.05, 4.69) is 10.6 Å². The average molecular weight is 482 g/mol. The van der Waals surface area contributed by atoms with Crippen LogP contribution in [0.2, 0.25) is 0 Å². The Morgan fingerprint density at radius 2 is 1.50 bits per heavy atom. The van der Waals surface area contributed by atoms with Gasteiger partial charge in [-0.1, -0.05) is 0 Å². The van der Waals surface area contributed by atoms with E-state index in [0.29, 0.717) is 5.01 Å². The second-order valence-electron chi connectivity index (χ2n) is 6.47. The zero-order valence-corrected chi connectivity index (χ0v) is 18.5. The van der Waals surface area contributed by atoms with Gasteiger partial charge in [-0.3, -0.25) is 19.2 Å². The van der Waals surface area contributed by atoms with Crippen molar-refractivity contribution in [3.8, 4) is 0 Å². The molecule has 0 unspecified atom stereocenters. The molecule has 0 aliphatic carbocycles. The van der Waals surface area contributed by atoms with Gasteiger partial charge in [-0.15, -0.1) is 16.5 Å². The molecule has 0 radical (unpaired) electrons. The van der Waals surface area contributed by atoms with Crippen LogP contribution in [0.1, 0.15) is 27.7 Å². The van der Waals surface area contributed by atoms with E-state index in [0.717, 1.165) is 27.7 Å². The molecule has 180 valence electrons. The van der Waals surface area contributed by atoms with Crippen LogP contribution in [0.15, 0.2) is 5.29 Å². The molecule has 0 spiro atoms. The van der Waals surface area contributed by atoms with Crippen molar-refractivity contribution in [3.05, 3.63) is 4.91 Å². The van der Waals surface area contributed by atoms with Gasteiger partial charge in [-0.05, 0) is 0 Å². The molecule has 5 atom stereocenters. The van der Waals surface area contributed by atoms with E-state index in [-0.39, 0.29) is 12.4 Å². The smallest absolute Gasteiger partial charge is 0.341 e. The van der Waals surface area contributed by atoms with Gasteiger partial charge in [0.15, 0.2) is 12.2 Å². The minimum absolute atomic E-state index is 0.123. The van der Waals surface area contributed by atoms with Crippen LogP contribution in [0.4, 0.5) is 4.79 Å². The SMILES string of the molecule is CC(=O)OC[C@@H]1O[C@@H](OC(C)=O)[C@@H](NC(=O)N(CCCl)N=O)[C@@H](OC(C)=O)[C@H]1OC(C)=O. The van der Waals surface area contributed by atoms with E-state index in [1.165, 1.54) is 0 Å². The third-order valence-corrected chi connectivity index (χ3v) is 4.07. The number of nitrogens with one attached hydrogen (secondary N) is 1. The number of hydrogen-bond acceptors (Lipinski definition) is 12. The van der Waals surface area contributed by atoms with Gasteiger partial charge in [-0.2, -0.15) is 5.01 Å². The molecule has 14 nitrogen and oxygen atoms in total. The summed E-state index contributed by atoms with van der Waals surface area (Å²) in [5.74, 6) is -3.29. The zero-order valence-electron chi connectivity index (χ0n) is 17.8. The second-order valence-corrected chi connectivity index (χ2v) is 6.85. The first-order valence-corrected chi connectivity index (χ1v) is 9.81. The molecule has 1 aliphatic heterocycles. The first-order valence-electron chi connectivity index (χ1n) is 9.27. The van der Waals surface area contributed by atoms with Crippen molar-refractivity contribution in [3.63, 3.8) is 0 Å². The Morgan fingerprint density at radius 3 is 1.97 bits per heavy atom. The van der Waals surface area contributed by atoms with Crippen molar-refractivity contribution in [2.24, 2.45) is 5.29 Å². The Kier molecular flexibility index (Phi) is 10.8. The van der Waals surface area contributed by atoms with Gasteiger partial charge < -0.3 is 29.0 Å². The summed E-state index contributed by atoms with van der Waals surface area (Å²) in [5, 5.41) is 5.28. The molecule has 0 aromatic carbocycles. The van der Waals surface area contributed by atoms with E-state index in [4.69, 9.17) is 35.3 Å². The third kappa shape index (κ3) is 8.26. The van der Waals surface area contributed by atoms with Crippen LogP contribution in [0.3, 0.4) is 0 Å². The number of carbonyl (C=O) groups is 5. The lowest BCUT2D eigenvalue weighted by atomic mass is 9.96. The standard InChI is InChI=1S/C17H24ClN3O11/c1-8(22)28-7-12-14(29-9(2)23)15(30-10(3)24)13(16(32-12)31-11(4)25)19-17(26)21(20-27)6-5-18/h12-16H,5-7H2,1-4H3,(H,19,26)/t12-,13-,14-,15+,16+/m0/s1. The fraction of sp³-hybridized carbons (Fsp3) is 0.706. The predicted octanol–water partition coefficient (Wildman–Crippen LogP) is 0.00130. The first-order chi connectivity index (χ1) is 15.0. The van der Waals surface area contributed by atoms with Gasteiger partial charge in [-0.25, -0.2) is 4.79 Å². The van der Waals surface area contributed by atoms with Crippen molar-refractivity contribution in [1.29, 1.82) is 0 Å². The van der Waals surface area contributed by atoms with E-state index in [1.54, 1.807) is 0 Å². The van der Waals surface area contributed by atoms with Crippen molar-refractivity contribution in [2.75, 3.05) is 19.0 Å². The zero-order chi connectivity index (χ0) is 24.4. The predicted molar refractivity (Wildman–Crippen MR) is 104 cm³/mol. The summed E-state index contributed by atoms with van der Waals surface area (Å²) in [5.41, 5.74) is 0. The number of esters is 4. The van der Waals surface area contributed by atoms with Gasteiger partial charge in [0.1, 0.15) is 18.8 Å². The van der Waals surface area contributed by atoms with Crippen LogP contribution in [-0.2, 0) is 42.9 Å². The lowest BCUT2D eigenvalue weighted by Crippen LogP contribution is -2.67. The Balaban J connectivity index is 3.38. The highest BCUT2D eigenvalue weighted by Gasteiger charge is 2.52. The Hall–Kier alpha value is -3.00. The van der Waals surface area contributed by atoms with Crippen LogP contribution in [0, 0.1) is 4.91 Å². The summed E-state index contributed by atoms with van der Waals surface area (Å²) in [6, 6.07) is -2.53. The minimum Gasteiger partial charge on any atom is -0.463 e. The number of amides is 2. The van der Waals surface area contributed by atoms with Crippen molar-refractivity contribution >= 4 is 41.5 Å². The molecular weight excluding hydrogens is 458 g/mol. The van der Waals surface area contributed by atoms with Crippen molar-refractivity contribution < 1.29 is 47.7 Å². The topological polar surface area (TPSA) is 176 Å². The van der Waals surface area contributed by atoms with Gasteiger partial charge >= 0.3 is 29.9 Å². The summed E-state index contributed by atoms with van der Waals surface area (Å²) in [6.45, 7) is 3.57. The molecular formula is C17H24ClN3O11. The highest BCUT2D eigenvalue weighted by molar-refractivity contribution is 6.18. The number of nitroso groups, excluding NO2 is 1. The summed E-state index contributed by atoms with van der Waals surface area (Å²) in [7, 11) is 0. The first kappa shape index (κ1) is 27.0. The number of ether oxygens (including phenoxy) is 5.